The molecule has 0 bridgehead atoms. The second kappa shape index (κ2) is 7.25. The van der Waals surface area contributed by atoms with E-state index < -0.39 is 0 Å². The van der Waals surface area contributed by atoms with Crippen LogP contribution in [0.4, 0.5) is 0 Å². The standard InChI is InChI=1S/C17H23N3O2S2/c1-11-18-16(15-13-3-2-4-14(13)24-17(15)19-11)23-10-12(21)9-20-5-7-22-8-6-20/h12,21H,2-10H2,1H3/p+1/t12-/m1/s1. The number of rotatable bonds is 5. The molecule has 24 heavy (non-hydrogen) atoms. The monoisotopic (exact) mass is 366 g/mol. The zero-order valence-electron chi connectivity index (χ0n) is 14.0. The first-order chi connectivity index (χ1) is 11.7. The maximum Gasteiger partial charge on any atom is 0.128 e. The fraction of sp³-hybridized carbons (Fsp3) is 0.647. The summed E-state index contributed by atoms with van der Waals surface area (Å²) in [5.74, 6) is 1.53. The molecule has 5 nitrogen and oxygen atoms in total. The van der Waals surface area contributed by atoms with Gasteiger partial charge in [-0.25, -0.2) is 9.97 Å². The molecule has 0 unspecified atom stereocenters. The molecule has 0 radical (unpaired) electrons. The highest BCUT2D eigenvalue weighted by Gasteiger charge is 2.23. The smallest absolute Gasteiger partial charge is 0.128 e. The molecule has 0 amide bonds. The molecule has 1 aliphatic carbocycles. The van der Waals surface area contributed by atoms with E-state index in [1.165, 1.54) is 33.6 Å². The van der Waals surface area contributed by atoms with Crippen LogP contribution < -0.4 is 4.90 Å². The van der Waals surface area contributed by atoms with Gasteiger partial charge in [-0.15, -0.1) is 23.1 Å². The second-order valence-electron chi connectivity index (χ2n) is 6.64. The molecule has 0 aromatic carbocycles. The fourth-order valence-corrected chi connectivity index (χ4v) is 6.00. The highest BCUT2D eigenvalue weighted by molar-refractivity contribution is 7.99. The SMILES string of the molecule is Cc1nc(SC[C@H](O)C[NH+]2CCOCC2)c2c3c(sc2n1)CCC3. The van der Waals surface area contributed by atoms with Gasteiger partial charge in [0.1, 0.15) is 41.4 Å². The van der Waals surface area contributed by atoms with Crippen molar-refractivity contribution in [1.82, 2.24) is 9.97 Å². The van der Waals surface area contributed by atoms with Crippen LogP contribution in [0.1, 0.15) is 22.7 Å². The van der Waals surface area contributed by atoms with E-state index in [2.05, 4.69) is 4.98 Å². The van der Waals surface area contributed by atoms with E-state index in [0.29, 0.717) is 5.75 Å². The molecule has 7 heteroatoms. The van der Waals surface area contributed by atoms with Gasteiger partial charge in [0.15, 0.2) is 0 Å². The summed E-state index contributed by atoms with van der Waals surface area (Å²) in [6, 6.07) is 0. The number of hydrogen-bond acceptors (Lipinski definition) is 6. The molecule has 1 atom stereocenters. The Morgan fingerprint density at radius 3 is 2.96 bits per heavy atom. The third-order valence-electron chi connectivity index (χ3n) is 4.78. The minimum atomic E-state index is -0.305. The highest BCUT2D eigenvalue weighted by atomic mass is 32.2. The van der Waals surface area contributed by atoms with Crippen LogP contribution in [0.3, 0.4) is 0 Å². The molecule has 2 aliphatic rings. The molecule has 2 aromatic rings. The Hall–Kier alpha value is -0.730. The fourth-order valence-electron chi connectivity index (χ4n) is 3.60. The molecule has 0 spiro atoms. The van der Waals surface area contributed by atoms with Crippen LogP contribution >= 0.6 is 23.1 Å². The molecule has 4 rings (SSSR count). The van der Waals surface area contributed by atoms with Crippen molar-refractivity contribution in [2.24, 2.45) is 0 Å². The first kappa shape index (κ1) is 16.7. The zero-order valence-corrected chi connectivity index (χ0v) is 15.6. The highest BCUT2D eigenvalue weighted by Crippen LogP contribution is 2.40. The Kier molecular flexibility index (Phi) is 5.05. The molecule has 1 fully saturated rings. The topological polar surface area (TPSA) is 59.7 Å². The van der Waals surface area contributed by atoms with E-state index in [0.717, 1.165) is 54.9 Å². The number of aryl methyl sites for hydroxylation is 3. The largest absolute Gasteiger partial charge is 0.386 e. The van der Waals surface area contributed by atoms with Crippen molar-refractivity contribution in [2.75, 3.05) is 38.6 Å². The lowest BCUT2D eigenvalue weighted by molar-refractivity contribution is -0.910. The molecule has 130 valence electrons. The number of thioether (sulfide) groups is 1. The molecular formula is C17H24N3O2S2+. The van der Waals surface area contributed by atoms with Crippen molar-refractivity contribution in [2.45, 2.75) is 37.3 Å². The van der Waals surface area contributed by atoms with Crippen LogP contribution in [-0.2, 0) is 17.6 Å². The van der Waals surface area contributed by atoms with Gasteiger partial charge in [-0.1, -0.05) is 0 Å². The number of aliphatic hydroxyl groups is 1. The van der Waals surface area contributed by atoms with Gasteiger partial charge in [-0.05, 0) is 31.7 Å². The number of aliphatic hydroxyl groups excluding tert-OH is 1. The summed E-state index contributed by atoms with van der Waals surface area (Å²) in [4.78, 5) is 13.4. The Labute approximate surface area is 150 Å². The van der Waals surface area contributed by atoms with Crippen LogP contribution in [0.5, 0.6) is 0 Å². The maximum atomic E-state index is 10.4. The second-order valence-corrected chi connectivity index (χ2v) is 8.74. The van der Waals surface area contributed by atoms with Gasteiger partial charge >= 0.3 is 0 Å². The van der Waals surface area contributed by atoms with Crippen LogP contribution in [0.25, 0.3) is 10.2 Å². The van der Waals surface area contributed by atoms with Gasteiger partial charge in [0.25, 0.3) is 0 Å². The number of fused-ring (bicyclic) bond motifs is 3. The number of quaternary nitrogens is 1. The van der Waals surface area contributed by atoms with E-state index in [1.54, 1.807) is 11.8 Å². The summed E-state index contributed by atoms with van der Waals surface area (Å²) in [5.41, 5.74) is 1.46. The number of ether oxygens (including phenoxy) is 1. The average molecular weight is 367 g/mol. The van der Waals surface area contributed by atoms with Gasteiger partial charge in [0.05, 0.1) is 13.2 Å². The molecular weight excluding hydrogens is 342 g/mol. The van der Waals surface area contributed by atoms with E-state index >= 15 is 0 Å². The van der Waals surface area contributed by atoms with E-state index in [9.17, 15) is 5.11 Å². The van der Waals surface area contributed by atoms with Crippen LogP contribution in [0.2, 0.25) is 0 Å². The summed E-state index contributed by atoms with van der Waals surface area (Å²) in [6.45, 7) is 6.37. The Morgan fingerprint density at radius 1 is 1.29 bits per heavy atom. The van der Waals surface area contributed by atoms with Crippen molar-refractivity contribution >= 4 is 33.3 Å². The van der Waals surface area contributed by atoms with Crippen LogP contribution in [0, 0.1) is 6.92 Å². The van der Waals surface area contributed by atoms with E-state index in [1.807, 2.05) is 18.3 Å². The number of nitrogens with zero attached hydrogens (tertiary/aromatic N) is 2. The predicted molar refractivity (Wildman–Crippen MR) is 97.3 cm³/mol. The Bertz CT molecular complexity index is 728. The number of nitrogens with one attached hydrogen (secondary N) is 1. The Morgan fingerprint density at radius 2 is 2.12 bits per heavy atom. The summed E-state index contributed by atoms with van der Waals surface area (Å²) < 4.78 is 5.38. The van der Waals surface area contributed by atoms with Crippen LogP contribution in [-0.4, -0.2) is 59.8 Å². The molecule has 2 N–H and O–H groups in total. The zero-order chi connectivity index (χ0) is 16.5. The molecule has 3 heterocycles. The number of thiophene rings is 1. The Balaban J connectivity index is 1.47. The first-order valence-corrected chi connectivity index (χ1v) is 10.5. The number of aromatic nitrogens is 2. The maximum absolute atomic E-state index is 10.4. The summed E-state index contributed by atoms with van der Waals surface area (Å²) in [6.07, 6.45) is 3.27. The molecule has 2 aromatic heterocycles. The van der Waals surface area contributed by atoms with Gasteiger partial charge in [-0.3, -0.25) is 0 Å². The number of morpholine rings is 1. The van der Waals surface area contributed by atoms with E-state index in [4.69, 9.17) is 9.72 Å². The summed E-state index contributed by atoms with van der Waals surface area (Å²) in [7, 11) is 0. The van der Waals surface area contributed by atoms with Crippen molar-refractivity contribution in [3.63, 3.8) is 0 Å². The van der Waals surface area contributed by atoms with Gasteiger partial charge < -0.3 is 14.7 Å². The van der Waals surface area contributed by atoms with Gasteiger partial charge in [-0.2, -0.15) is 0 Å². The molecule has 1 saturated heterocycles. The molecule has 0 saturated carbocycles. The minimum absolute atomic E-state index is 0.305. The van der Waals surface area contributed by atoms with Crippen molar-refractivity contribution in [1.29, 1.82) is 0 Å². The van der Waals surface area contributed by atoms with Crippen LogP contribution in [0.15, 0.2) is 5.03 Å². The lowest BCUT2D eigenvalue weighted by Crippen LogP contribution is -3.15. The van der Waals surface area contributed by atoms with Crippen molar-refractivity contribution < 1.29 is 14.7 Å². The number of hydrogen-bond donors (Lipinski definition) is 2. The summed E-state index contributed by atoms with van der Waals surface area (Å²) in [5, 5.41) is 12.7. The normalized spacial score (nSPS) is 19.8. The molecule has 1 aliphatic heterocycles. The lowest BCUT2D eigenvalue weighted by Gasteiger charge is -2.25. The van der Waals surface area contributed by atoms with Gasteiger partial charge in [0.2, 0.25) is 0 Å². The van der Waals surface area contributed by atoms with Crippen molar-refractivity contribution in [3.05, 3.63) is 16.3 Å². The lowest BCUT2D eigenvalue weighted by atomic mass is 10.2. The first-order valence-electron chi connectivity index (χ1n) is 8.72. The predicted octanol–water partition coefficient (Wildman–Crippen LogP) is 0.857. The third kappa shape index (κ3) is 3.46. The average Bonchev–Trinajstić information content (AvgIpc) is 3.14. The summed E-state index contributed by atoms with van der Waals surface area (Å²) >= 11 is 3.52. The minimum Gasteiger partial charge on any atom is -0.386 e. The third-order valence-corrected chi connectivity index (χ3v) is 7.09. The van der Waals surface area contributed by atoms with Gasteiger partial charge in [0, 0.05) is 16.0 Å². The van der Waals surface area contributed by atoms with E-state index in [-0.39, 0.29) is 6.10 Å². The van der Waals surface area contributed by atoms with Crippen molar-refractivity contribution in [3.8, 4) is 0 Å². The quantitative estimate of drug-likeness (QED) is 0.607.